The van der Waals surface area contributed by atoms with Crippen LogP contribution in [0.15, 0.2) is 24.3 Å². The first kappa shape index (κ1) is 12.8. The van der Waals surface area contributed by atoms with Crippen molar-refractivity contribution in [1.29, 1.82) is 0 Å². The van der Waals surface area contributed by atoms with Gasteiger partial charge in [-0.15, -0.1) is 0 Å². The fourth-order valence-corrected chi connectivity index (χ4v) is 3.92. The quantitative estimate of drug-likeness (QED) is 0.858. The maximum Gasteiger partial charge on any atom is 0.0335 e. The SMILES string of the molecule is c1ccc2c(c1)CNCCC2NCC(C1CC1)C1CC1. The van der Waals surface area contributed by atoms with Gasteiger partial charge in [-0.2, -0.15) is 0 Å². The Morgan fingerprint density at radius 2 is 1.80 bits per heavy atom. The summed E-state index contributed by atoms with van der Waals surface area (Å²) in [5.41, 5.74) is 3.01. The van der Waals surface area contributed by atoms with Gasteiger partial charge in [0.2, 0.25) is 0 Å². The van der Waals surface area contributed by atoms with Gasteiger partial charge in [0.25, 0.3) is 0 Å². The van der Waals surface area contributed by atoms with Gasteiger partial charge in [-0.25, -0.2) is 0 Å². The molecule has 2 nitrogen and oxygen atoms in total. The molecule has 1 unspecified atom stereocenters. The van der Waals surface area contributed by atoms with Crippen molar-refractivity contribution in [2.45, 2.75) is 44.7 Å². The molecular weight excluding hydrogens is 244 g/mol. The second kappa shape index (κ2) is 5.50. The Balaban J connectivity index is 1.44. The van der Waals surface area contributed by atoms with Gasteiger partial charge in [0, 0.05) is 12.6 Å². The lowest BCUT2D eigenvalue weighted by Gasteiger charge is -2.23. The van der Waals surface area contributed by atoms with E-state index in [1.165, 1.54) is 49.8 Å². The summed E-state index contributed by atoms with van der Waals surface area (Å²) in [7, 11) is 0. The highest BCUT2D eigenvalue weighted by atomic mass is 15.0. The van der Waals surface area contributed by atoms with Crippen LogP contribution in [0.3, 0.4) is 0 Å². The predicted octanol–water partition coefficient (Wildman–Crippen LogP) is 3.25. The van der Waals surface area contributed by atoms with E-state index < -0.39 is 0 Å². The predicted molar refractivity (Wildman–Crippen MR) is 82.4 cm³/mol. The van der Waals surface area contributed by atoms with Crippen molar-refractivity contribution in [3.8, 4) is 0 Å². The molecule has 20 heavy (non-hydrogen) atoms. The Labute approximate surface area is 122 Å². The Morgan fingerprint density at radius 1 is 1.05 bits per heavy atom. The fourth-order valence-electron chi connectivity index (χ4n) is 3.92. The molecule has 0 bridgehead atoms. The van der Waals surface area contributed by atoms with Crippen LogP contribution in [0.4, 0.5) is 0 Å². The summed E-state index contributed by atoms with van der Waals surface area (Å²) in [5.74, 6) is 3.07. The Bertz CT molecular complexity index is 450. The zero-order chi connectivity index (χ0) is 13.4. The molecule has 1 atom stereocenters. The fraction of sp³-hybridized carbons (Fsp3) is 0.667. The van der Waals surface area contributed by atoms with Crippen molar-refractivity contribution >= 4 is 0 Å². The van der Waals surface area contributed by atoms with Gasteiger partial charge in [-0.05, 0) is 74.1 Å². The van der Waals surface area contributed by atoms with E-state index in [9.17, 15) is 0 Å². The van der Waals surface area contributed by atoms with Crippen molar-refractivity contribution in [2.24, 2.45) is 17.8 Å². The molecule has 2 saturated carbocycles. The molecule has 2 fully saturated rings. The number of nitrogens with one attached hydrogen (secondary N) is 2. The topological polar surface area (TPSA) is 24.1 Å². The number of hydrogen-bond donors (Lipinski definition) is 2. The molecule has 2 aliphatic carbocycles. The highest BCUT2D eigenvalue weighted by molar-refractivity contribution is 5.31. The Kier molecular flexibility index (Phi) is 3.53. The molecule has 0 amide bonds. The molecule has 2 heteroatoms. The van der Waals surface area contributed by atoms with Gasteiger partial charge in [0.1, 0.15) is 0 Å². The average molecular weight is 270 g/mol. The third kappa shape index (κ3) is 2.77. The summed E-state index contributed by atoms with van der Waals surface area (Å²) in [6, 6.07) is 9.52. The molecular formula is C18H26N2. The standard InChI is InChI=1S/C18H26N2/c1-2-4-16-15(3-1)11-19-10-9-18(16)20-12-17(13-5-6-13)14-7-8-14/h1-4,13-14,17-20H,5-12H2. The molecule has 0 saturated heterocycles. The first-order valence-electron chi connectivity index (χ1n) is 8.44. The maximum absolute atomic E-state index is 3.92. The van der Waals surface area contributed by atoms with Gasteiger partial charge in [0.05, 0.1) is 0 Å². The van der Waals surface area contributed by atoms with E-state index in [4.69, 9.17) is 0 Å². The number of benzene rings is 1. The van der Waals surface area contributed by atoms with Crippen LogP contribution >= 0.6 is 0 Å². The van der Waals surface area contributed by atoms with Gasteiger partial charge in [0.15, 0.2) is 0 Å². The molecule has 1 aliphatic heterocycles. The van der Waals surface area contributed by atoms with Gasteiger partial charge >= 0.3 is 0 Å². The highest BCUT2D eigenvalue weighted by Crippen LogP contribution is 2.49. The summed E-state index contributed by atoms with van der Waals surface area (Å²) >= 11 is 0. The van der Waals surface area contributed by atoms with Crippen LogP contribution in [0.5, 0.6) is 0 Å². The van der Waals surface area contributed by atoms with Crippen molar-refractivity contribution in [1.82, 2.24) is 10.6 Å². The van der Waals surface area contributed by atoms with Crippen LogP contribution in [0.25, 0.3) is 0 Å². The largest absolute Gasteiger partial charge is 0.313 e. The lowest BCUT2D eigenvalue weighted by atomic mass is 9.95. The molecule has 0 spiro atoms. The Morgan fingerprint density at radius 3 is 2.55 bits per heavy atom. The lowest BCUT2D eigenvalue weighted by Crippen LogP contribution is -2.30. The summed E-state index contributed by atoms with van der Waals surface area (Å²) < 4.78 is 0. The number of fused-ring (bicyclic) bond motifs is 1. The summed E-state index contributed by atoms with van der Waals surface area (Å²) in [6.45, 7) is 3.40. The van der Waals surface area contributed by atoms with E-state index in [1.54, 1.807) is 0 Å². The minimum absolute atomic E-state index is 0.557. The van der Waals surface area contributed by atoms with E-state index >= 15 is 0 Å². The van der Waals surface area contributed by atoms with E-state index in [2.05, 4.69) is 34.9 Å². The van der Waals surface area contributed by atoms with E-state index in [-0.39, 0.29) is 0 Å². The zero-order valence-corrected chi connectivity index (χ0v) is 12.3. The molecule has 1 aromatic rings. The highest BCUT2D eigenvalue weighted by Gasteiger charge is 2.41. The minimum Gasteiger partial charge on any atom is -0.313 e. The Hall–Kier alpha value is -0.860. The van der Waals surface area contributed by atoms with E-state index in [0.717, 1.165) is 30.8 Å². The smallest absolute Gasteiger partial charge is 0.0335 e. The van der Waals surface area contributed by atoms with Crippen LogP contribution in [-0.2, 0) is 6.54 Å². The molecule has 2 N–H and O–H groups in total. The van der Waals surface area contributed by atoms with Gasteiger partial charge < -0.3 is 10.6 Å². The van der Waals surface area contributed by atoms with Crippen molar-refractivity contribution in [3.05, 3.63) is 35.4 Å². The molecule has 4 rings (SSSR count). The minimum atomic E-state index is 0.557. The molecule has 0 radical (unpaired) electrons. The van der Waals surface area contributed by atoms with Crippen molar-refractivity contribution in [3.63, 3.8) is 0 Å². The van der Waals surface area contributed by atoms with Crippen LogP contribution in [-0.4, -0.2) is 13.1 Å². The van der Waals surface area contributed by atoms with Gasteiger partial charge in [-0.1, -0.05) is 24.3 Å². The van der Waals surface area contributed by atoms with Crippen molar-refractivity contribution < 1.29 is 0 Å². The van der Waals surface area contributed by atoms with Crippen LogP contribution in [0.1, 0.15) is 49.3 Å². The van der Waals surface area contributed by atoms with Crippen LogP contribution in [0.2, 0.25) is 0 Å². The second-order valence-electron chi connectivity index (χ2n) is 6.96. The third-order valence-electron chi connectivity index (χ3n) is 5.41. The number of rotatable bonds is 5. The molecule has 1 heterocycles. The van der Waals surface area contributed by atoms with Crippen molar-refractivity contribution in [2.75, 3.05) is 13.1 Å². The van der Waals surface area contributed by atoms with Gasteiger partial charge in [-0.3, -0.25) is 0 Å². The first-order chi connectivity index (χ1) is 9.92. The summed E-state index contributed by atoms with van der Waals surface area (Å²) in [6.07, 6.45) is 7.19. The average Bonchev–Trinajstić information content (AvgIpc) is 3.34. The van der Waals surface area contributed by atoms with Crippen LogP contribution in [0, 0.1) is 17.8 Å². The molecule has 0 aromatic heterocycles. The molecule has 1 aromatic carbocycles. The van der Waals surface area contributed by atoms with Crippen LogP contribution < -0.4 is 10.6 Å². The normalized spacial score (nSPS) is 26.4. The monoisotopic (exact) mass is 270 g/mol. The summed E-state index contributed by atoms with van der Waals surface area (Å²) in [4.78, 5) is 0. The second-order valence-corrected chi connectivity index (χ2v) is 6.96. The summed E-state index contributed by atoms with van der Waals surface area (Å²) in [5, 5.41) is 7.47. The zero-order valence-electron chi connectivity index (χ0n) is 12.3. The first-order valence-corrected chi connectivity index (χ1v) is 8.44. The van der Waals surface area contributed by atoms with E-state index in [0.29, 0.717) is 6.04 Å². The van der Waals surface area contributed by atoms with E-state index in [1.807, 2.05) is 0 Å². The lowest BCUT2D eigenvalue weighted by molar-refractivity contribution is 0.350. The number of hydrogen-bond acceptors (Lipinski definition) is 2. The molecule has 108 valence electrons. The maximum atomic E-state index is 3.92. The third-order valence-corrected chi connectivity index (χ3v) is 5.41. The molecule has 3 aliphatic rings.